The smallest absolute Gasteiger partial charge is 0.413 e. The van der Waals surface area contributed by atoms with Crippen LogP contribution >= 0.6 is 0 Å². The van der Waals surface area contributed by atoms with E-state index in [2.05, 4.69) is 4.99 Å². The maximum Gasteiger partial charge on any atom is 0.413 e. The van der Waals surface area contributed by atoms with Crippen molar-refractivity contribution < 1.29 is 19.8 Å². The summed E-state index contributed by atoms with van der Waals surface area (Å²) in [5.74, 6) is -1.69. The van der Waals surface area contributed by atoms with E-state index in [1.807, 2.05) is 0 Å². The lowest BCUT2D eigenvalue weighted by molar-refractivity contribution is -0.130. The van der Waals surface area contributed by atoms with Crippen molar-refractivity contribution in [3.05, 3.63) is 0 Å². The summed E-state index contributed by atoms with van der Waals surface area (Å²) >= 11 is 0. The average Bonchev–Trinajstić information content (AvgIpc) is 2.32. The summed E-state index contributed by atoms with van der Waals surface area (Å²) in [5, 5.41) is 16.8. The highest BCUT2D eigenvalue weighted by molar-refractivity contribution is 6.37. The molecule has 0 spiro atoms. The second kappa shape index (κ2) is 2.57. The molecule has 60 valence electrons. The maximum absolute atomic E-state index is 10.3. The molecule has 1 heterocycles. The van der Waals surface area contributed by atoms with Gasteiger partial charge < -0.3 is 10.2 Å². The van der Waals surface area contributed by atoms with Crippen molar-refractivity contribution in [3.63, 3.8) is 0 Å². The first-order valence-corrected chi connectivity index (χ1v) is 2.91. The molecule has 0 saturated heterocycles. The van der Waals surface area contributed by atoms with E-state index >= 15 is 0 Å². The van der Waals surface area contributed by atoms with Crippen molar-refractivity contribution in [2.45, 2.75) is 0 Å². The Bertz CT molecular complexity index is 235. The number of hydrogen-bond acceptors (Lipinski definition) is 3. The zero-order chi connectivity index (χ0) is 8.43. The van der Waals surface area contributed by atoms with E-state index in [9.17, 15) is 9.59 Å². The van der Waals surface area contributed by atoms with Gasteiger partial charge in [0.15, 0.2) is 0 Å². The Labute approximate surface area is 61.8 Å². The van der Waals surface area contributed by atoms with Crippen LogP contribution in [0.2, 0.25) is 0 Å². The van der Waals surface area contributed by atoms with Gasteiger partial charge in [0.05, 0.1) is 13.1 Å². The summed E-state index contributed by atoms with van der Waals surface area (Å²) in [7, 11) is 0. The quantitative estimate of drug-likeness (QED) is 0.536. The first-order chi connectivity index (χ1) is 5.13. The van der Waals surface area contributed by atoms with Crippen LogP contribution < -0.4 is 0 Å². The number of carbonyl (C=O) groups is 2. The van der Waals surface area contributed by atoms with Gasteiger partial charge in [-0.2, -0.15) is 0 Å². The van der Waals surface area contributed by atoms with Gasteiger partial charge in [-0.15, -0.1) is 0 Å². The number of rotatable bonds is 1. The zero-order valence-corrected chi connectivity index (χ0v) is 5.52. The second-order valence-corrected chi connectivity index (χ2v) is 1.94. The van der Waals surface area contributed by atoms with Crippen molar-refractivity contribution in [2.24, 2.45) is 4.99 Å². The highest BCUT2D eigenvalue weighted by Gasteiger charge is 2.27. The molecule has 6 heteroatoms. The van der Waals surface area contributed by atoms with Crippen molar-refractivity contribution in [1.82, 2.24) is 4.90 Å². The molecule has 1 aliphatic heterocycles. The molecule has 0 radical (unpaired) electrons. The molecule has 0 aromatic rings. The van der Waals surface area contributed by atoms with Gasteiger partial charge in [-0.05, 0) is 0 Å². The lowest BCUT2D eigenvalue weighted by Crippen LogP contribution is -2.37. The van der Waals surface area contributed by atoms with Crippen LogP contribution in [-0.4, -0.2) is 46.1 Å². The molecule has 0 aromatic carbocycles. The van der Waals surface area contributed by atoms with E-state index in [1.54, 1.807) is 0 Å². The van der Waals surface area contributed by atoms with E-state index in [4.69, 9.17) is 10.2 Å². The molecule has 0 aromatic heterocycles. The summed E-state index contributed by atoms with van der Waals surface area (Å²) in [6.07, 6.45) is -1.27. The van der Waals surface area contributed by atoms with Gasteiger partial charge in [-0.3, -0.25) is 9.89 Å². The predicted octanol–water partition coefficient (Wildman–Crippen LogP) is -0.537. The maximum atomic E-state index is 10.3. The molecule has 11 heavy (non-hydrogen) atoms. The Morgan fingerprint density at radius 2 is 2.09 bits per heavy atom. The molecular weight excluding hydrogens is 152 g/mol. The van der Waals surface area contributed by atoms with Gasteiger partial charge in [0.25, 0.3) is 0 Å². The van der Waals surface area contributed by atoms with E-state index < -0.39 is 17.9 Å². The van der Waals surface area contributed by atoms with Gasteiger partial charge in [0, 0.05) is 0 Å². The molecular formula is C5H6N2O4. The third kappa shape index (κ3) is 1.28. The number of aliphatic imine (C=N–C) groups is 1. The monoisotopic (exact) mass is 158 g/mol. The number of carboxylic acid groups (broad SMARTS) is 2. The number of nitrogens with zero attached hydrogens (tertiary/aromatic N) is 2. The normalized spacial score (nSPS) is 16.4. The van der Waals surface area contributed by atoms with Crippen LogP contribution in [0, 0.1) is 0 Å². The van der Waals surface area contributed by atoms with E-state index in [-0.39, 0.29) is 13.1 Å². The topological polar surface area (TPSA) is 90.2 Å². The zero-order valence-electron chi connectivity index (χ0n) is 5.52. The van der Waals surface area contributed by atoms with Gasteiger partial charge in [0.1, 0.15) is 0 Å². The second-order valence-electron chi connectivity index (χ2n) is 1.94. The first-order valence-electron chi connectivity index (χ1n) is 2.91. The van der Waals surface area contributed by atoms with Crippen molar-refractivity contribution in [1.29, 1.82) is 0 Å². The van der Waals surface area contributed by atoms with Gasteiger partial charge >= 0.3 is 12.1 Å². The SMILES string of the molecule is O=C(O)C1=NCCN1C(=O)O. The molecule has 2 N–H and O–H groups in total. The third-order valence-corrected chi connectivity index (χ3v) is 1.26. The Morgan fingerprint density at radius 3 is 2.45 bits per heavy atom. The van der Waals surface area contributed by atoms with Crippen LogP contribution in [0.15, 0.2) is 4.99 Å². The number of amidine groups is 1. The lowest BCUT2D eigenvalue weighted by atomic mass is 10.5. The number of amides is 1. The number of hydrogen-bond donors (Lipinski definition) is 2. The summed E-state index contributed by atoms with van der Waals surface area (Å²) in [6.45, 7) is 0.366. The van der Waals surface area contributed by atoms with E-state index in [1.165, 1.54) is 0 Å². The Hall–Kier alpha value is -1.59. The molecule has 0 aliphatic carbocycles. The summed E-state index contributed by atoms with van der Waals surface area (Å²) in [4.78, 5) is 24.8. The van der Waals surface area contributed by atoms with Crippen LogP contribution in [0.4, 0.5) is 4.79 Å². The average molecular weight is 158 g/mol. The van der Waals surface area contributed by atoms with Crippen LogP contribution in [0.25, 0.3) is 0 Å². The summed E-state index contributed by atoms with van der Waals surface area (Å²) < 4.78 is 0. The lowest BCUT2D eigenvalue weighted by Gasteiger charge is -2.09. The van der Waals surface area contributed by atoms with Crippen LogP contribution in [0.3, 0.4) is 0 Å². The number of carboxylic acids is 1. The molecule has 1 rings (SSSR count). The van der Waals surface area contributed by atoms with Crippen molar-refractivity contribution >= 4 is 17.9 Å². The summed E-state index contributed by atoms with van der Waals surface area (Å²) in [6, 6.07) is 0. The highest BCUT2D eigenvalue weighted by atomic mass is 16.4. The highest BCUT2D eigenvalue weighted by Crippen LogP contribution is 2.01. The van der Waals surface area contributed by atoms with Gasteiger partial charge in [-0.1, -0.05) is 0 Å². The minimum absolute atomic E-state index is 0.136. The van der Waals surface area contributed by atoms with Crippen molar-refractivity contribution in [2.75, 3.05) is 13.1 Å². The minimum atomic E-state index is -1.30. The van der Waals surface area contributed by atoms with E-state index in [0.29, 0.717) is 4.90 Å². The Morgan fingerprint density at radius 1 is 1.45 bits per heavy atom. The predicted molar refractivity (Wildman–Crippen MR) is 34.7 cm³/mol. The van der Waals surface area contributed by atoms with Crippen LogP contribution in [0.1, 0.15) is 0 Å². The van der Waals surface area contributed by atoms with Crippen LogP contribution in [-0.2, 0) is 4.79 Å². The van der Waals surface area contributed by atoms with Gasteiger partial charge in [0.2, 0.25) is 5.84 Å². The molecule has 0 saturated carbocycles. The number of aliphatic carboxylic acids is 1. The molecule has 0 atom stereocenters. The fraction of sp³-hybridized carbons (Fsp3) is 0.400. The Balaban J connectivity index is 2.79. The molecule has 1 aliphatic rings. The first kappa shape index (κ1) is 7.52. The van der Waals surface area contributed by atoms with Crippen LogP contribution in [0.5, 0.6) is 0 Å². The van der Waals surface area contributed by atoms with Gasteiger partial charge in [-0.25, -0.2) is 9.59 Å². The van der Waals surface area contributed by atoms with Crippen molar-refractivity contribution in [3.8, 4) is 0 Å². The standard InChI is InChI=1S/C5H6N2O4/c8-4(9)3-6-1-2-7(3)5(10)11/h1-2H2,(H,8,9)(H,10,11). The largest absolute Gasteiger partial charge is 0.475 e. The molecule has 1 amide bonds. The molecule has 0 bridgehead atoms. The molecule has 0 unspecified atom stereocenters. The third-order valence-electron chi connectivity index (χ3n) is 1.26. The fourth-order valence-electron chi connectivity index (χ4n) is 0.816. The van der Waals surface area contributed by atoms with E-state index in [0.717, 1.165) is 0 Å². The summed E-state index contributed by atoms with van der Waals surface area (Å²) in [5.41, 5.74) is 0. The Kier molecular flexibility index (Phi) is 1.75. The minimum Gasteiger partial charge on any atom is -0.475 e. The fourth-order valence-corrected chi connectivity index (χ4v) is 0.816. The molecule has 0 fully saturated rings. The molecule has 6 nitrogen and oxygen atoms in total.